The molecule has 1 saturated heterocycles. The van der Waals surface area contributed by atoms with Gasteiger partial charge < -0.3 is 9.80 Å². The Balaban J connectivity index is 2.03. The van der Waals surface area contributed by atoms with Crippen LogP contribution in [0.25, 0.3) is 0 Å². The van der Waals surface area contributed by atoms with E-state index in [4.69, 9.17) is 0 Å². The molecule has 1 aliphatic rings. The predicted molar refractivity (Wildman–Crippen MR) is 99.8 cm³/mol. The molecule has 1 aliphatic heterocycles. The number of likely N-dealkylation sites (N-methyl/N-ethyl adjacent to an activating group) is 1. The SMILES string of the molecule is CCN(CCN1C(=O)CSC1c1cccc(C)c1)C(=O)CC(C)C. The zero-order valence-electron chi connectivity index (χ0n) is 15.1. The molecule has 24 heavy (non-hydrogen) atoms. The van der Waals surface area contributed by atoms with E-state index in [-0.39, 0.29) is 17.2 Å². The van der Waals surface area contributed by atoms with E-state index >= 15 is 0 Å². The third kappa shape index (κ3) is 4.76. The molecule has 1 unspecified atom stereocenters. The lowest BCUT2D eigenvalue weighted by atomic mass is 10.1. The highest BCUT2D eigenvalue weighted by Gasteiger charge is 2.33. The Morgan fingerprint density at radius 1 is 1.42 bits per heavy atom. The number of carbonyl (C=O) groups excluding carboxylic acids is 2. The number of amides is 2. The van der Waals surface area contributed by atoms with Crippen LogP contribution >= 0.6 is 11.8 Å². The molecule has 1 aromatic carbocycles. The van der Waals surface area contributed by atoms with Gasteiger partial charge in [-0.05, 0) is 25.3 Å². The van der Waals surface area contributed by atoms with Gasteiger partial charge >= 0.3 is 0 Å². The molecule has 1 heterocycles. The first-order valence-corrected chi connectivity index (χ1v) is 9.72. The van der Waals surface area contributed by atoms with E-state index in [0.29, 0.717) is 37.7 Å². The largest absolute Gasteiger partial charge is 0.341 e. The molecule has 1 atom stereocenters. The molecular formula is C19H28N2O2S. The van der Waals surface area contributed by atoms with Crippen LogP contribution in [0.3, 0.4) is 0 Å². The number of benzene rings is 1. The summed E-state index contributed by atoms with van der Waals surface area (Å²) in [6, 6.07) is 8.33. The Labute approximate surface area is 149 Å². The molecule has 0 radical (unpaired) electrons. The maximum Gasteiger partial charge on any atom is 0.233 e. The van der Waals surface area contributed by atoms with Crippen LogP contribution in [0, 0.1) is 12.8 Å². The van der Waals surface area contributed by atoms with Crippen LogP contribution in [0.2, 0.25) is 0 Å². The fourth-order valence-corrected chi connectivity index (χ4v) is 4.17. The summed E-state index contributed by atoms with van der Waals surface area (Å²) in [6.45, 7) is 10.1. The highest BCUT2D eigenvalue weighted by Crippen LogP contribution is 2.38. The molecule has 0 aromatic heterocycles. The lowest BCUT2D eigenvalue weighted by Gasteiger charge is -2.28. The van der Waals surface area contributed by atoms with Gasteiger partial charge in [-0.25, -0.2) is 0 Å². The molecule has 4 nitrogen and oxygen atoms in total. The molecular weight excluding hydrogens is 320 g/mol. The Morgan fingerprint density at radius 2 is 2.17 bits per heavy atom. The van der Waals surface area contributed by atoms with Gasteiger partial charge in [-0.3, -0.25) is 9.59 Å². The minimum absolute atomic E-state index is 0.0660. The molecule has 0 aliphatic carbocycles. The van der Waals surface area contributed by atoms with Gasteiger partial charge in [-0.2, -0.15) is 0 Å². The number of carbonyl (C=O) groups is 2. The van der Waals surface area contributed by atoms with Crippen molar-refractivity contribution in [2.75, 3.05) is 25.4 Å². The van der Waals surface area contributed by atoms with Crippen molar-refractivity contribution in [1.82, 2.24) is 9.80 Å². The van der Waals surface area contributed by atoms with Crippen molar-refractivity contribution < 1.29 is 9.59 Å². The second-order valence-electron chi connectivity index (χ2n) is 6.74. The first kappa shape index (κ1) is 18.8. The van der Waals surface area contributed by atoms with E-state index in [1.165, 1.54) is 11.1 Å². The van der Waals surface area contributed by atoms with Gasteiger partial charge in [-0.1, -0.05) is 43.7 Å². The molecule has 0 spiro atoms. The van der Waals surface area contributed by atoms with E-state index < -0.39 is 0 Å². The molecule has 2 amide bonds. The monoisotopic (exact) mass is 348 g/mol. The Bertz CT molecular complexity index is 588. The third-order valence-electron chi connectivity index (χ3n) is 4.22. The van der Waals surface area contributed by atoms with Crippen LogP contribution in [0.15, 0.2) is 24.3 Å². The fraction of sp³-hybridized carbons (Fsp3) is 0.579. The standard InChI is InChI=1S/C19H28N2O2S/c1-5-20(17(22)11-14(2)3)9-10-21-18(23)13-24-19(21)16-8-6-7-15(4)12-16/h6-8,12,14,19H,5,9-11,13H2,1-4H3. The van der Waals surface area contributed by atoms with E-state index in [2.05, 4.69) is 39.0 Å². The van der Waals surface area contributed by atoms with Crippen molar-refractivity contribution in [3.05, 3.63) is 35.4 Å². The third-order valence-corrected chi connectivity index (χ3v) is 5.48. The van der Waals surface area contributed by atoms with Crippen LogP contribution in [-0.2, 0) is 9.59 Å². The van der Waals surface area contributed by atoms with E-state index in [9.17, 15) is 9.59 Å². The number of hydrogen-bond acceptors (Lipinski definition) is 3. The quantitative estimate of drug-likeness (QED) is 0.758. The zero-order valence-corrected chi connectivity index (χ0v) is 15.9. The molecule has 0 bridgehead atoms. The van der Waals surface area contributed by atoms with Crippen molar-refractivity contribution in [2.24, 2.45) is 5.92 Å². The number of rotatable bonds is 7. The minimum Gasteiger partial charge on any atom is -0.341 e. The Hall–Kier alpha value is -1.49. The van der Waals surface area contributed by atoms with Crippen molar-refractivity contribution in [3.8, 4) is 0 Å². The van der Waals surface area contributed by atoms with Gasteiger partial charge in [0.1, 0.15) is 5.37 Å². The van der Waals surface area contributed by atoms with Gasteiger partial charge in [0.25, 0.3) is 0 Å². The van der Waals surface area contributed by atoms with E-state index in [1.54, 1.807) is 11.8 Å². The second-order valence-corrected chi connectivity index (χ2v) is 7.80. The fourth-order valence-electron chi connectivity index (χ4n) is 2.96. The molecule has 1 fully saturated rings. The average Bonchev–Trinajstić information content (AvgIpc) is 2.88. The van der Waals surface area contributed by atoms with Crippen LogP contribution in [0.1, 0.15) is 43.7 Å². The molecule has 1 aromatic rings. The number of hydrogen-bond donors (Lipinski definition) is 0. The lowest BCUT2D eigenvalue weighted by Crippen LogP contribution is -2.40. The summed E-state index contributed by atoms with van der Waals surface area (Å²) in [6.07, 6.45) is 0.567. The van der Waals surface area contributed by atoms with Gasteiger partial charge in [0.2, 0.25) is 11.8 Å². The molecule has 0 N–H and O–H groups in total. The summed E-state index contributed by atoms with van der Waals surface area (Å²) in [5, 5.41) is 0.0660. The normalized spacial score (nSPS) is 17.6. The van der Waals surface area contributed by atoms with E-state index in [1.807, 2.05) is 22.8 Å². The maximum absolute atomic E-state index is 12.3. The highest BCUT2D eigenvalue weighted by molar-refractivity contribution is 8.00. The van der Waals surface area contributed by atoms with Gasteiger partial charge in [-0.15, -0.1) is 11.8 Å². The van der Waals surface area contributed by atoms with Crippen molar-refractivity contribution in [2.45, 2.75) is 39.5 Å². The second kappa shape index (κ2) is 8.56. The number of nitrogens with zero attached hydrogens (tertiary/aromatic N) is 2. The Kier molecular flexibility index (Phi) is 6.72. The maximum atomic E-state index is 12.3. The zero-order chi connectivity index (χ0) is 17.7. The van der Waals surface area contributed by atoms with Crippen LogP contribution in [0.5, 0.6) is 0 Å². The number of aryl methyl sites for hydroxylation is 1. The summed E-state index contributed by atoms with van der Waals surface area (Å²) >= 11 is 1.67. The predicted octanol–water partition coefficient (Wildman–Crippen LogP) is 3.46. The van der Waals surface area contributed by atoms with Crippen LogP contribution in [0.4, 0.5) is 0 Å². The molecule has 0 saturated carbocycles. The Morgan fingerprint density at radius 3 is 2.79 bits per heavy atom. The highest BCUT2D eigenvalue weighted by atomic mass is 32.2. The summed E-state index contributed by atoms with van der Waals surface area (Å²) in [5.41, 5.74) is 2.37. The molecule has 132 valence electrons. The summed E-state index contributed by atoms with van der Waals surface area (Å²) in [4.78, 5) is 28.4. The van der Waals surface area contributed by atoms with Crippen LogP contribution < -0.4 is 0 Å². The summed E-state index contributed by atoms with van der Waals surface area (Å²) < 4.78 is 0. The first-order chi connectivity index (χ1) is 11.4. The molecule has 5 heteroatoms. The van der Waals surface area contributed by atoms with Gasteiger partial charge in [0, 0.05) is 26.1 Å². The smallest absolute Gasteiger partial charge is 0.233 e. The lowest BCUT2D eigenvalue weighted by molar-refractivity contribution is -0.134. The van der Waals surface area contributed by atoms with Crippen molar-refractivity contribution in [1.29, 1.82) is 0 Å². The van der Waals surface area contributed by atoms with E-state index in [0.717, 1.165) is 0 Å². The van der Waals surface area contributed by atoms with Crippen LogP contribution in [-0.4, -0.2) is 47.0 Å². The summed E-state index contributed by atoms with van der Waals surface area (Å²) in [5.74, 6) is 1.22. The number of thioether (sulfide) groups is 1. The summed E-state index contributed by atoms with van der Waals surface area (Å²) in [7, 11) is 0. The molecule has 2 rings (SSSR count). The van der Waals surface area contributed by atoms with Gasteiger partial charge in [0.05, 0.1) is 5.75 Å². The average molecular weight is 349 g/mol. The minimum atomic E-state index is 0.0660. The van der Waals surface area contributed by atoms with Gasteiger partial charge in [0.15, 0.2) is 0 Å². The topological polar surface area (TPSA) is 40.6 Å². The first-order valence-electron chi connectivity index (χ1n) is 8.67. The van der Waals surface area contributed by atoms with Crippen molar-refractivity contribution in [3.63, 3.8) is 0 Å². The van der Waals surface area contributed by atoms with Crippen molar-refractivity contribution >= 4 is 23.6 Å².